The van der Waals surface area contributed by atoms with E-state index >= 15 is 0 Å². The highest BCUT2D eigenvalue weighted by Gasteiger charge is 2.47. The Bertz CT molecular complexity index is 1140. The van der Waals surface area contributed by atoms with Crippen LogP contribution in [0.1, 0.15) is 24.8 Å². The Labute approximate surface area is 213 Å². The minimum Gasteiger partial charge on any atom is -0.379 e. The van der Waals surface area contributed by atoms with Crippen molar-refractivity contribution in [1.29, 1.82) is 0 Å². The van der Waals surface area contributed by atoms with Gasteiger partial charge in [-0.2, -0.15) is 13.2 Å². The van der Waals surface area contributed by atoms with E-state index in [2.05, 4.69) is 20.3 Å². The van der Waals surface area contributed by atoms with Crippen molar-refractivity contribution in [2.75, 3.05) is 31.6 Å². The number of benzene rings is 1. The van der Waals surface area contributed by atoms with Crippen molar-refractivity contribution < 1.29 is 31.1 Å². The third kappa shape index (κ3) is 7.40. The predicted octanol–water partition coefficient (Wildman–Crippen LogP) is 3.11. The van der Waals surface area contributed by atoms with Crippen LogP contribution in [0.25, 0.3) is 0 Å². The van der Waals surface area contributed by atoms with Crippen molar-refractivity contribution in [3.8, 4) is 0 Å². The Morgan fingerprint density at radius 1 is 1.11 bits per heavy atom. The largest absolute Gasteiger partial charge is 0.391 e. The Hall–Kier alpha value is -2.74. The van der Waals surface area contributed by atoms with Gasteiger partial charge in [0, 0.05) is 49.8 Å². The van der Waals surface area contributed by atoms with E-state index < -0.39 is 34.2 Å². The van der Waals surface area contributed by atoms with Gasteiger partial charge in [-0.05, 0) is 55.2 Å². The molecule has 3 N–H and O–H groups in total. The third-order valence-corrected chi connectivity index (χ3v) is 8.20. The lowest BCUT2D eigenvalue weighted by molar-refractivity contribution is -0.187. The molecule has 1 aromatic carbocycles. The first-order valence-electron chi connectivity index (χ1n) is 12.1. The molecule has 1 saturated heterocycles. The summed E-state index contributed by atoms with van der Waals surface area (Å²) in [5.74, 6) is -1.56. The quantitative estimate of drug-likeness (QED) is 0.497. The second kappa shape index (κ2) is 11.8. The molecule has 2 amide bonds. The predicted molar refractivity (Wildman–Crippen MR) is 130 cm³/mol. The second-order valence-electron chi connectivity index (χ2n) is 9.19. The van der Waals surface area contributed by atoms with Gasteiger partial charge < -0.3 is 15.4 Å². The highest BCUT2D eigenvalue weighted by molar-refractivity contribution is 7.89. The molecule has 1 aliphatic heterocycles. The van der Waals surface area contributed by atoms with Crippen molar-refractivity contribution in [3.63, 3.8) is 0 Å². The summed E-state index contributed by atoms with van der Waals surface area (Å²) in [5.41, 5.74) is 1.18. The van der Waals surface area contributed by atoms with Crippen molar-refractivity contribution >= 4 is 21.7 Å². The minimum absolute atomic E-state index is 0.0348. The van der Waals surface area contributed by atoms with Crippen LogP contribution in [0.3, 0.4) is 0 Å². The van der Waals surface area contributed by atoms with Crippen LogP contribution < -0.4 is 15.4 Å². The maximum Gasteiger partial charge on any atom is 0.391 e. The summed E-state index contributed by atoms with van der Waals surface area (Å²) in [7, 11) is -4.10. The number of hydrogen-bond acceptors (Lipinski definition) is 6. The van der Waals surface area contributed by atoms with Gasteiger partial charge in [-0.1, -0.05) is 6.07 Å². The number of ether oxygens (including phenoxy) is 1. The van der Waals surface area contributed by atoms with E-state index in [9.17, 15) is 26.4 Å². The zero-order chi connectivity index (χ0) is 26.5. The Kier molecular flexibility index (Phi) is 8.67. The Balaban J connectivity index is 1.40. The topological polar surface area (TPSA) is 113 Å². The number of sulfonamides is 1. The van der Waals surface area contributed by atoms with E-state index in [1.54, 1.807) is 18.5 Å². The monoisotopic (exact) mass is 541 g/mol. The first-order chi connectivity index (χ1) is 17.6. The molecule has 3 unspecified atom stereocenters. The number of urea groups is 1. The number of carbonyl (C=O) groups is 1. The fourth-order valence-electron chi connectivity index (χ4n) is 4.77. The summed E-state index contributed by atoms with van der Waals surface area (Å²) >= 11 is 0. The number of morpholine rings is 1. The number of anilines is 1. The molecule has 0 spiro atoms. The van der Waals surface area contributed by atoms with E-state index in [-0.39, 0.29) is 36.7 Å². The number of halogens is 3. The number of pyridine rings is 1. The molecule has 2 heterocycles. The SMILES string of the molecule is O=C(NCc1cccnc1)Nc1ccc(S(=O)(=O)NC2CC(C(F)(F)F)CCC2N2CCOCC2)cc1. The van der Waals surface area contributed by atoms with Crippen molar-refractivity contribution in [1.82, 2.24) is 19.9 Å². The summed E-state index contributed by atoms with van der Waals surface area (Å²) in [6, 6.07) is 7.33. The standard InChI is InChI=1S/C24H30F3N5O4S/c25-24(26,27)18-3-8-22(32-10-12-36-13-11-32)21(14-18)31-37(34,35)20-6-4-19(5-7-20)30-23(33)29-16-17-2-1-9-28-15-17/h1-2,4-7,9,15,18,21-22,31H,3,8,10-14,16H2,(H2,29,30,33). The average molecular weight is 542 g/mol. The maximum atomic E-state index is 13.5. The highest BCUT2D eigenvalue weighted by atomic mass is 32.2. The number of carbonyl (C=O) groups excluding carboxylic acids is 1. The van der Waals surface area contributed by atoms with Crippen LogP contribution in [-0.2, 0) is 21.3 Å². The van der Waals surface area contributed by atoms with E-state index in [4.69, 9.17) is 4.74 Å². The van der Waals surface area contributed by atoms with Gasteiger partial charge in [0.2, 0.25) is 10.0 Å². The van der Waals surface area contributed by atoms with Gasteiger partial charge in [-0.25, -0.2) is 17.9 Å². The molecule has 1 saturated carbocycles. The first kappa shape index (κ1) is 27.3. The zero-order valence-corrected chi connectivity index (χ0v) is 20.9. The summed E-state index contributed by atoms with van der Waals surface area (Å²) in [6.45, 7) is 2.28. The smallest absolute Gasteiger partial charge is 0.379 e. The van der Waals surface area contributed by atoms with Gasteiger partial charge in [0.1, 0.15) is 0 Å². The van der Waals surface area contributed by atoms with Crippen molar-refractivity contribution in [3.05, 3.63) is 54.4 Å². The average Bonchev–Trinajstić information content (AvgIpc) is 2.88. The van der Waals surface area contributed by atoms with E-state index in [0.717, 1.165) is 5.56 Å². The van der Waals surface area contributed by atoms with Crippen molar-refractivity contribution in [2.24, 2.45) is 5.92 Å². The molecule has 13 heteroatoms. The minimum atomic E-state index is -4.38. The summed E-state index contributed by atoms with van der Waals surface area (Å²) in [4.78, 5) is 18.0. The molecule has 0 radical (unpaired) electrons. The van der Waals surface area contributed by atoms with Crippen LogP contribution in [-0.4, -0.2) is 68.9 Å². The number of nitrogens with zero attached hydrogens (tertiary/aromatic N) is 2. The Morgan fingerprint density at radius 2 is 1.84 bits per heavy atom. The lowest BCUT2D eigenvalue weighted by Gasteiger charge is -2.44. The molecule has 4 rings (SSSR count). The van der Waals surface area contributed by atoms with Crippen LogP contribution in [0.4, 0.5) is 23.7 Å². The molecule has 2 fully saturated rings. The second-order valence-corrected chi connectivity index (χ2v) is 10.9. The first-order valence-corrected chi connectivity index (χ1v) is 13.5. The van der Waals surface area contributed by atoms with E-state index in [1.165, 1.54) is 24.3 Å². The lowest BCUT2D eigenvalue weighted by atomic mass is 9.81. The molecular weight excluding hydrogens is 511 g/mol. The Morgan fingerprint density at radius 3 is 2.49 bits per heavy atom. The molecule has 9 nitrogen and oxygen atoms in total. The van der Waals surface area contributed by atoms with Crippen molar-refractivity contribution in [2.45, 2.75) is 49.0 Å². The number of rotatable bonds is 7. The van der Waals surface area contributed by atoms with Gasteiger partial charge in [0.25, 0.3) is 0 Å². The van der Waals surface area contributed by atoms with Crippen LogP contribution in [0.5, 0.6) is 0 Å². The fraction of sp³-hybridized carbons (Fsp3) is 0.500. The summed E-state index contributed by atoms with van der Waals surface area (Å²) in [6.07, 6.45) is -1.24. The number of amides is 2. The number of hydrogen-bond donors (Lipinski definition) is 3. The zero-order valence-electron chi connectivity index (χ0n) is 20.1. The van der Waals surface area contributed by atoms with Crippen LogP contribution in [0.15, 0.2) is 53.7 Å². The van der Waals surface area contributed by atoms with Gasteiger partial charge in [-0.3, -0.25) is 9.88 Å². The lowest BCUT2D eigenvalue weighted by Crippen LogP contribution is -2.58. The van der Waals surface area contributed by atoms with Crippen LogP contribution in [0, 0.1) is 5.92 Å². The molecule has 1 aliphatic carbocycles. The molecule has 202 valence electrons. The van der Waals surface area contributed by atoms with Crippen LogP contribution >= 0.6 is 0 Å². The normalized spacial score (nSPS) is 23.4. The number of alkyl halides is 3. The molecule has 1 aromatic heterocycles. The van der Waals surface area contributed by atoms with Crippen LogP contribution in [0.2, 0.25) is 0 Å². The molecule has 2 aliphatic rings. The fourth-order valence-corrected chi connectivity index (χ4v) is 6.05. The molecular formula is C24H30F3N5O4S. The van der Waals surface area contributed by atoms with E-state index in [1.807, 2.05) is 11.0 Å². The molecule has 2 aromatic rings. The number of aromatic nitrogens is 1. The van der Waals surface area contributed by atoms with Gasteiger partial charge >= 0.3 is 12.2 Å². The molecule has 3 atom stereocenters. The third-order valence-electron chi connectivity index (χ3n) is 6.70. The maximum absolute atomic E-state index is 13.5. The number of nitrogens with one attached hydrogen (secondary N) is 3. The highest BCUT2D eigenvalue weighted by Crippen LogP contribution is 2.39. The van der Waals surface area contributed by atoms with Gasteiger partial charge in [-0.15, -0.1) is 0 Å². The van der Waals surface area contributed by atoms with Gasteiger partial charge in [0.15, 0.2) is 0 Å². The molecule has 0 bridgehead atoms. The van der Waals surface area contributed by atoms with Gasteiger partial charge in [0.05, 0.1) is 24.0 Å². The molecule has 37 heavy (non-hydrogen) atoms. The summed E-state index contributed by atoms with van der Waals surface area (Å²) in [5, 5.41) is 5.29. The van der Waals surface area contributed by atoms with E-state index in [0.29, 0.717) is 32.0 Å². The summed E-state index contributed by atoms with van der Waals surface area (Å²) < 4.78 is 74.6.